The smallest absolute Gasteiger partial charge is 0.195 e. The van der Waals surface area contributed by atoms with Crippen LogP contribution >= 0.6 is 0 Å². The van der Waals surface area contributed by atoms with Gasteiger partial charge in [-0.25, -0.2) is 0 Å². The lowest BCUT2D eigenvalue weighted by molar-refractivity contribution is -0.000476. The highest BCUT2D eigenvalue weighted by Crippen LogP contribution is 2.29. The molecule has 1 unspecified atom stereocenters. The lowest BCUT2D eigenvalue weighted by Crippen LogP contribution is -2.37. The van der Waals surface area contributed by atoms with Crippen LogP contribution in [0, 0.1) is 5.41 Å². The average Bonchev–Trinajstić information content (AvgIpc) is 2.33. The van der Waals surface area contributed by atoms with Gasteiger partial charge in [-0.3, -0.25) is 4.79 Å². The topological polar surface area (TPSA) is 35.5 Å². The predicted molar refractivity (Wildman–Crippen MR) is 81.4 cm³/mol. The summed E-state index contributed by atoms with van der Waals surface area (Å²) in [5.74, 6) is 0.608. The molecule has 3 nitrogen and oxygen atoms in total. The maximum Gasteiger partial charge on any atom is 0.195 e. The van der Waals surface area contributed by atoms with E-state index in [9.17, 15) is 4.79 Å². The van der Waals surface area contributed by atoms with E-state index in [4.69, 9.17) is 9.47 Å². The molecular formula is C17H26O3. The van der Waals surface area contributed by atoms with Crippen LogP contribution in [0.5, 0.6) is 5.75 Å². The van der Waals surface area contributed by atoms with Crippen molar-refractivity contribution < 1.29 is 14.3 Å². The van der Waals surface area contributed by atoms with Crippen molar-refractivity contribution in [1.29, 1.82) is 0 Å². The summed E-state index contributed by atoms with van der Waals surface area (Å²) in [6, 6.07) is 7.37. The van der Waals surface area contributed by atoms with E-state index < -0.39 is 6.10 Å². The normalized spacial score (nSPS) is 13.3. The number of carbonyl (C=O) groups is 1. The Labute approximate surface area is 122 Å². The summed E-state index contributed by atoms with van der Waals surface area (Å²) in [5, 5.41) is 0. The summed E-state index contributed by atoms with van der Waals surface area (Å²) in [6.45, 7) is 12.4. The molecule has 0 spiro atoms. The largest absolute Gasteiger partial charge is 0.490 e. The van der Waals surface area contributed by atoms with E-state index in [1.165, 1.54) is 0 Å². The maximum absolute atomic E-state index is 12.8. The minimum absolute atomic E-state index is 0.0180. The fourth-order valence-electron chi connectivity index (χ4n) is 2.05. The number of Topliss-reactive ketones (excluding diaryl/α,β-unsaturated/α-hetero) is 1. The molecule has 0 saturated heterocycles. The van der Waals surface area contributed by atoms with Gasteiger partial charge >= 0.3 is 0 Å². The van der Waals surface area contributed by atoms with E-state index in [0.29, 0.717) is 17.9 Å². The van der Waals surface area contributed by atoms with Crippen LogP contribution in [0.4, 0.5) is 0 Å². The number of para-hydroxylation sites is 1. The Morgan fingerprint density at radius 1 is 1.20 bits per heavy atom. The number of rotatable bonds is 6. The first-order chi connectivity index (χ1) is 9.27. The van der Waals surface area contributed by atoms with E-state index >= 15 is 0 Å². The van der Waals surface area contributed by atoms with Crippen molar-refractivity contribution >= 4 is 5.78 Å². The van der Waals surface area contributed by atoms with Crippen LogP contribution in [0.2, 0.25) is 0 Å². The summed E-state index contributed by atoms with van der Waals surface area (Å²) in [5.41, 5.74) is 0.340. The molecule has 0 aromatic heterocycles. The third-order valence-electron chi connectivity index (χ3n) is 2.87. The van der Waals surface area contributed by atoms with Gasteiger partial charge in [0, 0.05) is 6.61 Å². The van der Waals surface area contributed by atoms with Crippen LogP contribution in [-0.4, -0.2) is 24.6 Å². The average molecular weight is 278 g/mol. The zero-order valence-electron chi connectivity index (χ0n) is 13.4. The quantitative estimate of drug-likeness (QED) is 0.735. The fourth-order valence-corrected chi connectivity index (χ4v) is 2.05. The second-order valence-electron chi connectivity index (χ2n) is 6.23. The van der Waals surface area contributed by atoms with Gasteiger partial charge in [0.05, 0.1) is 11.7 Å². The van der Waals surface area contributed by atoms with Crippen molar-refractivity contribution in [1.82, 2.24) is 0 Å². The molecule has 0 saturated carbocycles. The van der Waals surface area contributed by atoms with E-state index in [2.05, 4.69) is 0 Å². The van der Waals surface area contributed by atoms with E-state index in [1.54, 1.807) is 6.07 Å². The molecule has 0 N–H and O–H groups in total. The number of hydrogen-bond acceptors (Lipinski definition) is 3. The van der Waals surface area contributed by atoms with Crippen molar-refractivity contribution in [2.75, 3.05) is 6.61 Å². The number of ether oxygens (including phenoxy) is 2. The monoisotopic (exact) mass is 278 g/mol. The second-order valence-corrected chi connectivity index (χ2v) is 6.23. The summed E-state index contributed by atoms with van der Waals surface area (Å²) in [4.78, 5) is 12.8. The Hall–Kier alpha value is -1.35. The van der Waals surface area contributed by atoms with Crippen molar-refractivity contribution in [3.63, 3.8) is 0 Å². The summed E-state index contributed by atoms with van der Waals surface area (Å²) < 4.78 is 11.4. The number of ketones is 1. The third kappa shape index (κ3) is 4.34. The summed E-state index contributed by atoms with van der Waals surface area (Å²) in [7, 11) is 0. The molecule has 0 heterocycles. The fraction of sp³-hybridized carbons (Fsp3) is 0.588. The van der Waals surface area contributed by atoms with E-state index in [-0.39, 0.29) is 17.3 Å². The molecule has 112 valence electrons. The molecule has 1 aromatic carbocycles. The van der Waals surface area contributed by atoms with Crippen molar-refractivity contribution in [2.45, 2.75) is 53.8 Å². The lowest BCUT2D eigenvalue weighted by Gasteiger charge is -2.29. The van der Waals surface area contributed by atoms with Crippen LogP contribution in [0.1, 0.15) is 51.9 Å². The zero-order valence-corrected chi connectivity index (χ0v) is 13.4. The molecule has 1 rings (SSSR count). The molecule has 1 aromatic rings. The summed E-state index contributed by atoms with van der Waals surface area (Å²) >= 11 is 0. The Balaban J connectivity index is 3.12. The first-order valence-corrected chi connectivity index (χ1v) is 7.18. The molecule has 0 amide bonds. The van der Waals surface area contributed by atoms with Gasteiger partial charge in [0.1, 0.15) is 11.9 Å². The Kier molecular flexibility index (Phi) is 5.75. The Morgan fingerprint density at radius 3 is 2.30 bits per heavy atom. The minimum atomic E-state index is -0.468. The highest BCUT2D eigenvalue weighted by atomic mass is 16.5. The molecule has 20 heavy (non-hydrogen) atoms. The van der Waals surface area contributed by atoms with Crippen LogP contribution in [0.15, 0.2) is 24.3 Å². The molecule has 0 aliphatic rings. The molecule has 0 bridgehead atoms. The first kappa shape index (κ1) is 16.7. The van der Waals surface area contributed by atoms with Gasteiger partial charge in [0.15, 0.2) is 5.78 Å². The van der Waals surface area contributed by atoms with Crippen LogP contribution in [0.25, 0.3) is 0 Å². The number of benzene rings is 1. The summed E-state index contributed by atoms with van der Waals surface area (Å²) in [6.07, 6.45) is -0.437. The Morgan fingerprint density at radius 2 is 1.80 bits per heavy atom. The van der Waals surface area contributed by atoms with Crippen molar-refractivity contribution in [3.05, 3.63) is 29.8 Å². The van der Waals surface area contributed by atoms with Crippen LogP contribution < -0.4 is 4.74 Å². The SMILES string of the molecule is CCOC(C(=O)c1ccccc1OC(C)C)C(C)(C)C. The predicted octanol–water partition coefficient (Wildman–Crippen LogP) is 4.11. The molecule has 0 aliphatic carbocycles. The standard InChI is InChI=1S/C17H26O3/c1-7-19-16(17(4,5)6)15(18)13-10-8-9-11-14(13)20-12(2)3/h8-12,16H,7H2,1-6H3. The molecule has 0 aliphatic heterocycles. The Bertz CT molecular complexity index is 444. The van der Waals surface area contributed by atoms with Gasteiger partial charge in [-0.1, -0.05) is 32.9 Å². The highest BCUT2D eigenvalue weighted by molar-refractivity contribution is 6.02. The first-order valence-electron chi connectivity index (χ1n) is 7.18. The minimum Gasteiger partial charge on any atom is -0.490 e. The van der Waals surface area contributed by atoms with Gasteiger partial charge in [0.2, 0.25) is 0 Å². The van der Waals surface area contributed by atoms with Crippen LogP contribution in [-0.2, 0) is 4.74 Å². The van der Waals surface area contributed by atoms with Gasteiger partial charge in [-0.05, 0) is 38.3 Å². The molecular weight excluding hydrogens is 252 g/mol. The number of hydrogen-bond donors (Lipinski definition) is 0. The zero-order chi connectivity index (χ0) is 15.3. The van der Waals surface area contributed by atoms with Gasteiger partial charge < -0.3 is 9.47 Å². The van der Waals surface area contributed by atoms with Crippen LogP contribution in [0.3, 0.4) is 0 Å². The molecule has 3 heteroatoms. The third-order valence-corrected chi connectivity index (χ3v) is 2.87. The van der Waals surface area contributed by atoms with E-state index in [1.807, 2.05) is 59.7 Å². The van der Waals surface area contributed by atoms with E-state index in [0.717, 1.165) is 0 Å². The van der Waals surface area contributed by atoms with Gasteiger partial charge in [-0.2, -0.15) is 0 Å². The van der Waals surface area contributed by atoms with Crippen molar-refractivity contribution in [3.8, 4) is 5.75 Å². The molecule has 1 atom stereocenters. The van der Waals surface area contributed by atoms with Gasteiger partial charge in [-0.15, -0.1) is 0 Å². The van der Waals surface area contributed by atoms with Crippen molar-refractivity contribution in [2.24, 2.45) is 5.41 Å². The number of carbonyl (C=O) groups excluding carboxylic acids is 1. The van der Waals surface area contributed by atoms with Gasteiger partial charge in [0.25, 0.3) is 0 Å². The second kappa shape index (κ2) is 6.89. The molecule has 0 radical (unpaired) electrons. The maximum atomic E-state index is 12.8. The highest BCUT2D eigenvalue weighted by Gasteiger charge is 2.33. The molecule has 0 fully saturated rings. The lowest BCUT2D eigenvalue weighted by atomic mass is 9.84.